The predicted octanol–water partition coefficient (Wildman–Crippen LogP) is 13.0. The number of hydrogen-bond donors (Lipinski definition) is 0. The monoisotopic (exact) mass is 613 g/mol. The molecule has 0 aliphatic heterocycles. The number of benzene rings is 8. The van der Waals surface area contributed by atoms with Crippen LogP contribution in [-0.2, 0) is 0 Å². The summed E-state index contributed by atoms with van der Waals surface area (Å²) in [5.74, 6) is 0. The summed E-state index contributed by atoms with van der Waals surface area (Å²) >= 11 is 0. The van der Waals surface area contributed by atoms with Crippen molar-refractivity contribution in [3.63, 3.8) is 0 Å². The second kappa shape index (κ2) is 12.7. The van der Waals surface area contributed by atoms with Crippen LogP contribution in [0.2, 0.25) is 0 Å². The Labute approximate surface area is 296 Å². The van der Waals surface area contributed by atoms with E-state index in [4.69, 9.17) is 11.0 Å². The Bertz CT molecular complexity index is 2910. The van der Waals surface area contributed by atoms with E-state index >= 15 is 0 Å². The fraction of sp³-hybridized carbons (Fsp3) is 0. The summed E-state index contributed by atoms with van der Waals surface area (Å²) in [5, 5.41) is -0.507. The van der Waals surface area contributed by atoms with Crippen LogP contribution in [0, 0.1) is 0 Å². The van der Waals surface area contributed by atoms with Gasteiger partial charge in [0.2, 0.25) is 0 Å². The third-order valence-corrected chi connectivity index (χ3v) is 7.82. The van der Waals surface area contributed by atoms with Crippen LogP contribution >= 0.6 is 0 Å². The molecule has 0 heterocycles. The molecule has 0 radical (unpaired) electrons. The average Bonchev–Trinajstić information content (AvgIpc) is 3.27. The van der Waals surface area contributed by atoms with Crippen LogP contribution in [0.4, 0.5) is 17.1 Å². The van der Waals surface area contributed by atoms with Crippen LogP contribution < -0.4 is 4.90 Å². The second-order valence-electron chi connectivity index (χ2n) is 10.7. The Kier molecular flexibility index (Phi) is 4.57. The minimum Gasteiger partial charge on any atom is -0.311 e. The smallest absolute Gasteiger partial charge is 0.0645 e. The first-order valence-electron chi connectivity index (χ1n) is 22.0. The van der Waals surface area contributed by atoms with Gasteiger partial charge in [0.1, 0.15) is 0 Å². The lowest BCUT2D eigenvalue weighted by Crippen LogP contribution is -2.09. The van der Waals surface area contributed by atoms with Gasteiger partial charge in [0.25, 0.3) is 0 Å². The van der Waals surface area contributed by atoms with Gasteiger partial charge in [0.15, 0.2) is 0 Å². The van der Waals surface area contributed by atoms with Crippen molar-refractivity contribution in [3.8, 4) is 44.5 Å². The second-order valence-corrected chi connectivity index (χ2v) is 10.7. The van der Waals surface area contributed by atoms with Crippen molar-refractivity contribution in [2.24, 2.45) is 0 Å². The molecule has 0 amide bonds. The van der Waals surface area contributed by atoms with E-state index in [0.29, 0.717) is 11.4 Å². The van der Waals surface area contributed by atoms with Crippen LogP contribution in [0.25, 0.3) is 55.3 Å². The van der Waals surface area contributed by atoms with Gasteiger partial charge in [-0.3, -0.25) is 0 Å². The summed E-state index contributed by atoms with van der Waals surface area (Å²) in [6, 6.07) is 26.3. The molecule has 222 valence electrons. The van der Waals surface area contributed by atoms with Crippen molar-refractivity contribution in [1.82, 2.24) is 0 Å². The average molecular weight is 614 g/mol. The fourth-order valence-electron chi connectivity index (χ4n) is 5.50. The van der Waals surface area contributed by atoms with Gasteiger partial charge in [-0.25, -0.2) is 0 Å². The molecule has 0 atom stereocenters. The van der Waals surface area contributed by atoms with Crippen molar-refractivity contribution in [2.45, 2.75) is 0 Å². The van der Waals surface area contributed by atoms with Crippen LogP contribution in [0.3, 0.4) is 0 Å². The summed E-state index contributed by atoms with van der Waals surface area (Å²) in [4.78, 5) is 1.60. The summed E-state index contributed by atoms with van der Waals surface area (Å²) < 4.78 is 125. The van der Waals surface area contributed by atoms with E-state index in [9.17, 15) is 8.22 Å². The molecular weight excluding hydrogens is 567 g/mol. The van der Waals surface area contributed by atoms with Crippen molar-refractivity contribution < 1.29 is 19.2 Å². The minimum atomic E-state index is -0.725. The maximum Gasteiger partial charge on any atom is 0.0645 e. The summed E-state index contributed by atoms with van der Waals surface area (Å²) in [6.45, 7) is 0. The van der Waals surface area contributed by atoms with Gasteiger partial charge >= 0.3 is 0 Å². The van der Waals surface area contributed by atoms with Crippen LogP contribution in [0.1, 0.15) is 19.2 Å². The number of anilines is 3. The Morgan fingerprint density at radius 1 is 0.340 bits per heavy atom. The molecule has 1 nitrogen and oxygen atoms in total. The van der Waals surface area contributed by atoms with E-state index in [-0.39, 0.29) is 22.0 Å². The van der Waals surface area contributed by atoms with Gasteiger partial charge in [0, 0.05) is 17.1 Å². The van der Waals surface area contributed by atoms with Gasteiger partial charge in [-0.1, -0.05) is 151 Å². The first-order chi connectivity index (χ1) is 29.1. The molecule has 0 aromatic heterocycles. The molecule has 0 bridgehead atoms. The molecule has 8 rings (SSSR count). The Hall–Kier alpha value is -6.18. The Balaban J connectivity index is 1.41. The molecule has 0 unspecified atom stereocenters. The standard InChI is InChI=1S/C46H33N/c1-4-12-34(13-5-1)36-20-26-42(27-21-36)47(43-28-22-37(23-29-43)35-14-6-2-7-15-35)44-30-24-38(25-31-44)41-32-40-18-10-11-19-45(40)46(33-41)39-16-8-3-9-17-39/h1-33H/i3D,8D,9D,10D,11D,16D,17D,18D,24D,25D,30D,31D,32D,33D. The van der Waals surface area contributed by atoms with Crippen LogP contribution in [0.5, 0.6) is 0 Å². The Morgan fingerprint density at radius 2 is 0.872 bits per heavy atom. The zero-order valence-electron chi connectivity index (χ0n) is 38.9. The minimum absolute atomic E-state index is 0.142. The molecule has 0 spiro atoms. The lowest BCUT2D eigenvalue weighted by molar-refractivity contribution is 1.28. The number of fused-ring (bicyclic) bond motifs is 1. The van der Waals surface area contributed by atoms with Crippen molar-refractivity contribution in [2.75, 3.05) is 4.90 Å². The lowest BCUT2D eigenvalue weighted by atomic mass is 9.93. The molecule has 0 fully saturated rings. The topological polar surface area (TPSA) is 3.24 Å². The van der Waals surface area contributed by atoms with E-state index in [2.05, 4.69) is 0 Å². The molecular formula is C46H33N. The van der Waals surface area contributed by atoms with E-state index in [0.717, 1.165) is 28.3 Å². The lowest BCUT2D eigenvalue weighted by Gasteiger charge is -2.26. The highest BCUT2D eigenvalue weighted by Crippen LogP contribution is 2.39. The molecule has 1 heteroatoms. The first-order valence-corrected chi connectivity index (χ1v) is 15.0. The largest absolute Gasteiger partial charge is 0.311 e. The zero-order valence-corrected chi connectivity index (χ0v) is 24.9. The summed E-state index contributed by atoms with van der Waals surface area (Å²) in [6.07, 6.45) is 0. The molecule has 0 N–H and O–H groups in total. The number of rotatable bonds is 7. The molecule has 0 saturated heterocycles. The molecule has 47 heavy (non-hydrogen) atoms. The van der Waals surface area contributed by atoms with Crippen molar-refractivity contribution in [3.05, 3.63) is 200 Å². The number of nitrogens with zero attached hydrogens (tertiary/aromatic N) is 1. The fourth-order valence-corrected chi connectivity index (χ4v) is 5.50. The maximum absolute atomic E-state index is 9.53. The van der Waals surface area contributed by atoms with E-state index < -0.39 is 101 Å². The van der Waals surface area contributed by atoms with Gasteiger partial charge < -0.3 is 4.90 Å². The zero-order chi connectivity index (χ0) is 43.6. The molecule has 0 aliphatic carbocycles. The molecule has 0 aliphatic rings. The highest BCUT2D eigenvalue weighted by Gasteiger charge is 2.15. The quantitative estimate of drug-likeness (QED) is 0.173. The van der Waals surface area contributed by atoms with Gasteiger partial charge in [-0.2, -0.15) is 0 Å². The predicted molar refractivity (Wildman–Crippen MR) is 200 cm³/mol. The normalized spacial score (nSPS) is 15.1. The third kappa shape index (κ3) is 5.83. The first kappa shape index (κ1) is 16.9. The van der Waals surface area contributed by atoms with Gasteiger partial charge in [-0.05, 0) is 104 Å². The third-order valence-electron chi connectivity index (χ3n) is 7.82. The summed E-state index contributed by atoms with van der Waals surface area (Å²) in [7, 11) is 0. The van der Waals surface area contributed by atoms with E-state index in [1.54, 1.807) is 4.90 Å². The van der Waals surface area contributed by atoms with Crippen LogP contribution in [-0.4, -0.2) is 0 Å². The van der Waals surface area contributed by atoms with Gasteiger partial charge in [0.05, 0.1) is 19.2 Å². The van der Waals surface area contributed by atoms with E-state index in [1.807, 2.05) is 109 Å². The van der Waals surface area contributed by atoms with Gasteiger partial charge in [-0.15, -0.1) is 0 Å². The van der Waals surface area contributed by atoms with Crippen molar-refractivity contribution >= 4 is 27.8 Å². The molecule has 8 aromatic rings. The van der Waals surface area contributed by atoms with Crippen LogP contribution in [0.15, 0.2) is 200 Å². The highest BCUT2D eigenvalue weighted by molar-refractivity contribution is 6.00. The Morgan fingerprint density at radius 3 is 1.45 bits per heavy atom. The summed E-state index contributed by atoms with van der Waals surface area (Å²) in [5.41, 5.74) is 2.74. The SMILES string of the molecule is [2H]c1cc2c(-c3c([2H])c([2H])c([2H])c([2H])c3[2H])c([2H])c(-c3c([2H])c([2H])c(N(c4ccc(-c5ccccc5)cc4)c4ccc(-c5ccccc5)cc4)c([2H])c3[2H])c([2H])c2c([2H])c1[2H]. The van der Waals surface area contributed by atoms with E-state index in [1.165, 1.54) is 0 Å². The van der Waals surface area contributed by atoms with Crippen molar-refractivity contribution in [1.29, 1.82) is 0 Å². The number of hydrogen-bond acceptors (Lipinski definition) is 1. The molecule has 8 aromatic carbocycles. The highest BCUT2D eigenvalue weighted by atomic mass is 15.1. The maximum atomic E-state index is 9.53. The molecule has 0 saturated carbocycles.